The first kappa shape index (κ1) is 11.6. The zero-order valence-electron chi connectivity index (χ0n) is 10.8. The summed E-state index contributed by atoms with van der Waals surface area (Å²) in [5.41, 5.74) is 4.09. The molecular weight excluding hydrogens is 254 g/mol. The molecule has 0 bridgehead atoms. The Labute approximate surface area is 117 Å². The fraction of sp³-hybridized carbons (Fsp3) is 0.400. The lowest BCUT2D eigenvalue weighted by atomic mass is 10.0. The third kappa shape index (κ3) is 1.90. The molecule has 0 saturated carbocycles. The summed E-state index contributed by atoms with van der Waals surface area (Å²) in [5.74, 6) is 1.05. The van der Waals surface area contributed by atoms with Crippen molar-refractivity contribution in [3.63, 3.8) is 0 Å². The van der Waals surface area contributed by atoms with Gasteiger partial charge in [0.25, 0.3) is 0 Å². The molecule has 2 aliphatic heterocycles. The van der Waals surface area contributed by atoms with Gasteiger partial charge in [-0.15, -0.1) is 11.8 Å². The molecule has 1 N–H and O–H groups in total. The smallest absolute Gasteiger partial charge is 0.0737 e. The number of piperidine rings is 1. The predicted molar refractivity (Wildman–Crippen MR) is 78.4 cm³/mol. The van der Waals surface area contributed by atoms with Crippen LogP contribution in [0.2, 0.25) is 0 Å². The van der Waals surface area contributed by atoms with Gasteiger partial charge in [-0.2, -0.15) is 5.10 Å². The highest BCUT2D eigenvalue weighted by atomic mass is 32.2. The van der Waals surface area contributed by atoms with E-state index in [0.717, 1.165) is 18.8 Å². The minimum absolute atomic E-state index is 0.508. The maximum atomic E-state index is 4.68. The molecule has 19 heavy (non-hydrogen) atoms. The number of nitrogens with one attached hydrogen (secondary N) is 1. The van der Waals surface area contributed by atoms with E-state index in [9.17, 15) is 0 Å². The van der Waals surface area contributed by atoms with Crippen LogP contribution >= 0.6 is 11.8 Å². The molecule has 0 radical (unpaired) electrons. The molecule has 0 amide bonds. The summed E-state index contributed by atoms with van der Waals surface area (Å²) in [4.78, 5) is 1.39. The number of hydrogen-bond acceptors (Lipinski definition) is 3. The summed E-state index contributed by atoms with van der Waals surface area (Å²) >= 11 is 1.92. The average Bonchev–Trinajstić information content (AvgIpc) is 2.92. The third-order valence-electron chi connectivity index (χ3n) is 4.01. The van der Waals surface area contributed by atoms with Gasteiger partial charge in [-0.25, -0.2) is 0 Å². The number of fused-ring (bicyclic) bond motifs is 3. The molecule has 4 heteroatoms. The highest BCUT2D eigenvalue weighted by Gasteiger charge is 2.25. The Morgan fingerprint density at radius 3 is 3.16 bits per heavy atom. The first-order valence-corrected chi connectivity index (χ1v) is 7.91. The second-order valence-electron chi connectivity index (χ2n) is 5.25. The largest absolute Gasteiger partial charge is 0.315 e. The fourth-order valence-electron chi connectivity index (χ4n) is 3.06. The van der Waals surface area contributed by atoms with Crippen molar-refractivity contribution in [2.24, 2.45) is 0 Å². The van der Waals surface area contributed by atoms with Crippen molar-refractivity contribution in [1.82, 2.24) is 15.1 Å². The van der Waals surface area contributed by atoms with Crippen molar-refractivity contribution in [2.75, 3.05) is 13.1 Å². The van der Waals surface area contributed by atoms with Crippen LogP contribution in [0, 0.1) is 0 Å². The zero-order chi connectivity index (χ0) is 12.7. The van der Waals surface area contributed by atoms with Crippen molar-refractivity contribution in [2.45, 2.75) is 29.5 Å². The Balaban J connectivity index is 1.82. The molecular formula is C15H17N3S. The van der Waals surface area contributed by atoms with Gasteiger partial charge < -0.3 is 5.32 Å². The lowest BCUT2D eigenvalue weighted by Crippen LogP contribution is -2.32. The Kier molecular flexibility index (Phi) is 2.85. The molecule has 4 rings (SSSR count). The monoisotopic (exact) mass is 271 g/mol. The van der Waals surface area contributed by atoms with E-state index in [1.807, 2.05) is 11.8 Å². The van der Waals surface area contributed by atoms with Gasteiger partial charge in [-0.3, -0.25) is 4.68 Å². The van der Waals surface area contributed by atoms with Crippen LogP contribution in [0.4, 0.5) is 0 Å². The summed E-state index contributed by atoms with van der Waals surface area (Å²) in [6.07, 6.45) is 4.54. The van der Waals surface area contributed by atoms with Gasteiger partial charge in [0.15, 0.2) is 0 Å². The van der Waals surface area contributed by atoms with E-state index in [4.69, 9.17) is 0 Å². The van der Waals surface area contributed by atoms with Crippen LogP contribution in [0.15, 0.2) is 35.4 Å². The van der Waals surface area contributed by atoms with Crippen LogP contribution in [-0.2, 0) is 5.75 Å². The van der Waals surface area contributed by atoms with Crippen molar-refractivity contribution < 1.29 is 0 Å². The molecule has 3 nitrogen and oxygen atoms in total. The van der Waals surface area contributed by atoms with Crippen LogP contribution in [0.3, 0.4) is 0 Å². The Hall–Kier alpha value is -1.26. The van der Waals surface area contributed by atoms with E-state index < -0.39 is 0 Å². The standard InChI is InChI=1S/C15H17N3S/c1-2-6-14-13(5-1)15-11(10-19-14)8-17-18(15)12-4-3-7-16-9-12/h1-2,5-6,8,12,16H,3-4,7,9-10H2. The van der Waals surface area contributed by atoms with E-state index in [1.165, 1.54) is 34.6 Å². The maximum Gasteiger partial charge on any atom is 0.0737 e. The molecule has 1 saturated heterocycles. The van der Waals surface area contributed by atoms with E-state index >= 15 is 0 Å². The lowest BCUT2D eigenvalue weighted by molar-refractivity contribution is 0.349. The van der Waals surface area contributed by atoms with E-state index in [0.29, 0.717) is 6.04 Å². The third-order valence-corrected chi connectivity index (χ3v) is 5.14. The number of nitrogens with zero attached hydrogens (tertiary/aromatic N) is 2. The number of aromatic nitrogens is 2. The number of rotatable bonds is 1. The van der Waals surface area contributed by atoms with E-state index in [1.54, 1.807) is 0 Å². The van der Waals surface area contributed by atoms with Crippen LogP contribution in [0.1, 0.15) is 24.4 Å². The van der Waals surface area contributed by atoms with E-state index in [2.05, 4.69) is 45.6 Å². The molecule has 1 aromatic carbocycles. The first-order chi connectivity index (χ1) is 9.43. The SMILES string of the molecule is c1ccc2c(c1)SCc1cnn(C3CCCNC3)c1-2. The van der Waals surface area contributed by atoms with Gasteiger partial charge in [0, 0.05) is 28.3 Å². The van der Waals surface area contributed by atoms with Crippen molar-refractivity contribution in [3.8, 4) is 11.3 Å². The van der Waals surface area contributed by atoms with Crippen LogP contribution in [-0.4, -0.2) is 22.9 Å². The maximum absolute atomic E-state index is 4.68. The molecule has 1 fully saturated rings. The first-order valence-electron chi connectivity index (χ1n) is 6.93. The zero-order valence-corrected chi connectivity index (χ0v) is 11.6. The van der Waals surface area contributed by atoms with Crippen LogP contribution in [0.5, 0.6) is 0 Å². The fourth-order valence-corrected chi connectivity index (χ4v) is 4.08. The van der Waals surface area contributed by atoms with Crippen molar-refractivity contribution in [3.05, 3.63) is 36.0 Å². The van der Waals surface area contributed by atoms with Gasteiger partial charge in [-0.05, 0) is 25.5 Å². The van der Waals surface area contributed by atoms with Gasteiger partial charge in [-0.1, -0.05) is 18.2 Å². The van der Waals surface area contributed by atoms with Crippen molar-refractivity contribution in [1.29, 1.82) is 0 Å². The van der Waals surface area contributed by atoms with Gasteiger partial charge in [0.2, 0.25) is 0 Å². The molecule has 0 spiro atoms. The molecule has 3 heterocycles. The van der Waals surface area contributed by atoms with Gasteiger partial charge in [0.1, 0.15) is 0 Å². The minimum atomic E-state index is 0.508. The summed E-state index contributed by atoms with van der Waals surface area (Å²) < 4.78 is 2.26. The second-order valence-corrected chi connectivity index (χ2v) is 6.27. The Morgan fingerprint density at radius 2 is 2.26 bits per heavy atom. The predicted octanol–water partition coefficient (Wildman–Crippen LogP) is 3.08. The quantitative estimate of drug-likeness (QED) is 0.864. The molecule has 2 aromatic rings. The average molecular weight is 271 g/mol. The van der Waals surface area contributed by atoms with E-state index in [-0.39, 0.29) is 0 Å². The molecule has 2 aliphatic rings. The van der Waals surface area contributed by atoms with Crippen molar-refractivity contribution >= 4 is 11.8 Å². The number of thioether (sulfide) groups is 1. The molecule has 1 aromatic heterocycles. The van der Waals surface area contributed by atoms with Crippen LogP contribution in [0.25, 0.3) is 11.3 Å². The Bertz CT molecular complexity index is 599. The lowest BCUT2D eigenvalue weighted by Gasteiger charge is -2.26. The summed E-state index contributed by atoms with van der Waals surface area (Å²) in [6, 6.07) is 9.22. The second kappa shape index (κ2) is 4.69. The Morgan fingerprint density at radius 1 is 1.32 bits per heavy atom. The highest BCUT2D eigenvalue weighted by Crippen LogP contribution is 2.42. The van der Waals surface area contributed by atoms with Crippen LogP contribution < -0.4 is 5.32 Å². The number of hydrogen-bond donors (Lipinski definition) is 1. The highest BCUT2D eigenvalue weighted by molar-refractivity contribution is 7.98. The normalized spacial score (nSPS) is 21.8. The topological polar surface area (TPSA) is 29.9 Å². The molecule has 1 atom stereocenters. The van der Waals surface area contributed by atoms with Gasteiger partial charge in [0.05, 0.1) is 17.9 Å². The summed E-state index contributed by atoms with van der Waals surface area (Å²) in [5, 5.41) is 8.17. The number of benzene rings is 1. The summed E-state index contributed by atoms with van der Waals surface area (Å²) in [7, 11) is 0. The summed E-state index contributed by atoms with van der Waals surface area (Å²) in [6.45, 7) is 2.19. The van der Waals surface area contributed by atoms with Gasteiger partial charge >= 0.3 is 0 Å². The molecule has 1 unspecified atom stereocenters. The molecule has 98 valence electrons. The minimum Gasteiger partial charge on any atom is -0.315 e. The molecule has 0 aliphatic carbocycles.